The quantitative estimate of drug-likeness (QED) is 0.183. The fraction of sp³-hybridized carbons (Fsp3) is 0. The summed E-state index contributed by atoms with van der Waals surface area (Å²) in [7, 11) is 0. The monoisotopic (exact) mass is 610 g/mol. The van der Waals surface area contributed by atoms with E-state index in [0.717, 1.165) is 55.4 Å². The lowest BCUT2D eigenvalue weighted by Gasteiger charge is -2.17. The molecule has 2 heterocycles. The molecule has 0 saturated carbocycles. The summed E-state index contributed by atoms with van der Waals surface area (Å²) in [5, 5.41) is 14.7. The van der Waals surface area contributed by atoms with Gasteiger partial charge in [-0.15, -0.1) is 0 Å². The third-order valence-corrected chi connectivity index (χ3v) is 9.36. The van der Waals surface area contributed by atoms with Gasteiger partial charge in [0.25, 0.3) is 0 Å². The topological polar surface area (TPSA) is 38.0 Å². The number of nitriles is 1. The van der Waals surface area contributed by atoms with E-state index in [1.54, 1.807) is 6.07 Å². The highest BCUT2D eigenvalue weighted by Gasteiger charge is 2.20. The molecule has 9 rings (SSSR count). The molecule has 222 valence electrons. The van der Waals surface area contributed by atoms with Crippen molar-refractivity contribution in [1.82, 2.24) is 9.13 Å². The van der Waals surface area contributed by atoms with Gasteiger partial charge in [0.2, 0.25) is 5.69 Å². The van der Waals surface area contributed by atoms with Gasteiger partial charge in [-0.1, -0.05) is 109 Å². The van der Waals surface area contributed by atoms with Crippen molar-refractivity contribution in [3.63, 3.8) is 0 Å². The van der Waals surface area contributed by atoms with E-state index in [4.69, 9.17) is 6.57 Å². The van der Waals surface area contributed by atoms with Crippen molar-refractivity contribution >= 4 is 49.3 Å². The number of para-hydroxylation sites is 4. The minimum absolute atomic E-state index is 0.443. The largest absolute Gasteiger partial charge is 0.318 e. The van der Waals surface area contributed by atoms with Crippen LogP contribution in [0.1, 0.15) is 5.56 Å². The Morgan fingerprint density at radius 1 is 0.479 bits per heavy atom. The van der Waals surface area contributed by atoms with Crippen LogP contribution in [0.15, 0.2) is 158 Å². The Labute approximate surface area is 277 Å². The Balaban J connectivity index is 1.20. The summed E-state index contributed by atoms with van der Waals surface area (Å²) < 4.78 is 4.51. The number of aromatic nitrogens is 2. The first-order valence-corrected chi connectivity index (χ1v) is 15.9. The molecule has 0 bridgehead atoms. The van der Waals surface area contributed by atoms with Crippen LogP contribution in [-0.2, 0) is 0 Å². The third-order valence-electron chi connectivity index (χ3n) is 9.36. The average Bonchev–Trinajstić information content (AvgIpc) is 3.67. The number of benzene rings is 7. The van der Waals surface area contributed by atoms with Gasteiger partial charge < -0.3 is 9.13 Å². The first-order valence-electron chi connectivity index (χ1n) is 15.9. The summed E-state index contributed by atoms with van der Waals surface area (Å²) in [6.07, 6.45) is 0. The summed E-state index contributed by atoms with van der Waals surface area (Å²) in [5.74, 6) is 0. The standard InChI is InChI=1S/C44H26N4/c1-46-39-26-29(28-45)25-38(44(39)48-42-19-8-4-15-36(42)37-16-5-9-20-43(37)48)31-23-21-30(22-24-31)32-11-10-12-33(27-32)47-40-17-6-2-13-34(40)35-14-3-7-18-41(35)47/h2-27H. The van der Waals surface area contributed by atoms with E-state index in [0.29, 0.717) is 11.3 Å². The van der Waals surface area contributed by atoms with Crippen LogP contribution in [0.3, 0.4) is 0 Å². The second kappa shape index (κ2) is 10.9. The Hall–Kier alpha value is -6.88. The van der Waals surface area contributed by atoms with Crippen molar-refractivity contribution in [2.45, 2.75) is 0 Å². The van der Waals surface area contributed by atoms with Crippen LogP contribution in [0, 0.1) is 17.9 Å². The molecule has 0 atom stereocenters. The van der Waals surface area contributed by atoms with Gasteiger partial charge in [-0.05, 0) is 70.8 Å². The van der Waals surface area contributed by atoms with Crippen LogP contribution in [0.4, 0.5) is 5.69 Å². The minimum Gasteiger partial charge on any atom is -0.318 e. The van der Waals surface area contributed by atoms with Gasteiger partial charge in [0.05, 0.1) is 40.4 Å². The number of rotatable bonds is 4. The zero-order valence-electron chi connectivity index (χ0n) is 25.8. The van der Waals surface area contributed by atoms with Gasteiger partial charge in [0.1, 0.15) is 0 Å². The molecule has 0 amide bonds. The number of nitrogens with zero attached hydrogens (tertiary/aromatic N) is 4. The fourth-order valence-corrected chi connectivity index (χ4v) is 7.25. The Morgan fingerprint density at radius 3 is 1.50 bits per heavy atom. The maximum absolute atomic E-state index is 9.96. The zero-order chi connectivity index (χ0) is 32.2. The van der Waals surface area contributed by atoms with Crippen LogP contribution < -0.4 is 0 Å². The molecule has 2 aromatic heterocycles. The van der Waals surface area contributed by atoms with Crippen molar-refractivity contribution in [3.8, 4) is 39.7 Å². The summed E-state index contributed by atoms with van der Waals surface area (Å²) in [6.45, 7) is 8.16. The first-order chi connectivity index (χ1) is 23.7. The molecule has 4 heteroatoms. The predicted molar refractivity (Wildman–Crippen MR) is 197 cm³/mol. The van der Waals surface area contributed by atoms with E-state index < -0.39 is 0 Å². The van der Waals surface area contributed by atoms with Crippen LogP contribution in [0.25, 0.3) is 82.1 Å². The minimum atomic E-state index is 0.443. The number of hydrogen-bond donors (Lipinski definition) is 0. The predicted octanol–water partition coefficient (Wildman–Crippen LogP) is 11.6. The van der Waals surface area contributed by atoms with E-state index in [2.05, 4.69) is 141 Å². The van der Waals surface area contributed by atoms with Crippen LogP contribution in [-0.4, -0.2) is 9.13 Å². The Kier molecular flexibility index (Phi) is 6.22. The summed E-state index contributed by atoms with van der Waals surface area (Å²) in [4.78, 5) is 3.95. The second-order valence-electron chi connectivity index (χ2n) is 12.0. The van der Waals surface area contributed by atoms with E-state index >= 15 is 0 Å². The lowest BCUT2D eigenvalue weighted by Crippen LogP contribution is -1.99. The van der Waals surface area contributed by atoms with Crippen molar-refractivity contribution < 1.29 is 0 Å². The van der Waals surface area contributed by atoms with Crippen molar-refractivity contribution in [1.29, 1.82) is 5.26 Å². The zero-order valence-corrected chi connectivity index (χ0v) is 25.8. The molecule has 7 aromatic carbocycles. The van der Waals surface area contributed by atoms with E-state index in [-0.39, 0.29) is 0 Å². The second-order valence-corrected chi connectivity index (χ2v) is 12.0. The van der Waals surface area contributed by atoms with Crippen LogP contribution >= 0.6 is 0 Å². The van der Waals surface area contributed by atoms with E-state index in [1.165, 1.54) is 21.8 Å². The number of fused-ring (bicyclic) bond motifs is 6. The molecule has 9 aromatic rings. The molecule has 0 saturated heterocycles. The molecule has 0 aliphatic heterocycles. The summed E-state index contributed by atoms with van der Waals surface area (Å²) in [6, 6.07) is 56.7. The Bertz CT molecular complexity index is 2690. The summed E-state index contributed by atoms with van der Waals surface area (Å²) in [5.41, 5.74) is 11.2. The maximum Gasteiger partial charge on any atom is 0.212 e. The van der Waals surface area contributed by atoms with Crippen molar-refractivity contribution in [2.75, 3.05) is 0 Å². The van der Waals surface area contributed by atoms with E-state index in [1.807, 2.05) is 30.3 Å². The molecule has 0 unspecified atom stereocenters. The van der Waals surface area contributed by atoms with Crippen LogP contribution in [0.2, 0.25) is 0 Å². The van der Waals surface area contributed by atoms with Crippen LogP contribution in [0.5, 0.6) is 0 Å². The number of hydrogen-bond acceptors (Lipinski definition) is 1. The van der Waals surface area contributed by atoms with Gasteiger partial charge >= 0.3 is 0 Å². The smallest absolute Gasteiger partial charge is 0.212 e. The van der Waals surface area contributed by atoms with Gasteiger partial charge in [-0.3, -0.25) is 0 Å². The summed E-state index contributed by atoms with van der Waals surface area (Å²) >= 11 is 0. The van der Waals surface area contributed by atoms with Crippen molar-refractivity contribution in [2.24, 2.45) is 0 Å². The SMILES string of the molecule is [C-]#[N+]c1cc(C#N)cc(-c2ccc(-c3cccc(-n4c5ccccc5c5ccccc54)c3)cc2)c1-n1c2ccccc2c2ccccc21. The fourth-order valence-electron chi connectivity index (χ4n) is 7.25. The molecule has 0 fully saturated rings. The van der Waals surface area contributed by atoms with Gasteiger partial charge in [0, 0.05) is 32.8 Å². The maximum atomic E-state index is 9.96. The molecule has 0 aliphatic rings. The third kappa shape index (κ3) is 4.14. The highest BCUT2D eigenvalue weighted by Crippen LogP contribution is 2.42. The average molecular weight is 611 g/mol. The van der Waals surface area contributed by atoms with Gasteiger partial charge in [-0.2, -0.15) is 5.26 Å². The van der Waals surface area contributed by atoms with Gasteiger partial charge in [-0.25, -0.2) is 4.85 Å². The molecular formula is C44H26N4. The van der Waals surface area contributed by atoms with Gasteiger partial charge in [0.15, 0.2) is 0 Å². The molecule has 0 radical (unpaired) electrons. The normalized spacial score (nSPS) is 11.3. The lowest BCUT2D eigenvalue weighted by atomic mass is 9.96. The van der Waals surface area contributed by atoms with Crippen molar-refractivity contribution in [3.05, 3.63) is 175 Å². The molecule has 0 N–H and O–H groups in total. The van der Waals surface area contributed by atoms with E-state index in [9.17, 15) is 5.26 Å². The highest BCUT2D eigenvalue weighted by molar-refractivity contribution is 6.11. The molecule has 4 nitrogen and oxygen atoms in total. The molecule has 0 spiro atoms. The molecular weight excluding hydrogens is 585 g/mol. The highest BCUT2D eigenvalue weighted by atomic mass is 15.0. The molecule has 0 aliphatic carbocycles. The molecule has 48 heavy (non-hydrogen) atoms. The first kappa shape index (κ1) is 27.4. The lowest BCUT2D eigenvalue weighted by molar-refractivity contribution is 1.18. The Morgan fingerprint density at radius 2 is 0.979 bits per heavy atom.